The van der Waals surface area contributed by atoms with Crippen LogP contribution in [0.1, 0.15) is 23.2 Å². The molecule has 8 heteroatoms. The first-order valence-electron chi connectivity index (χ1n) is 5.88. The Morgan fingerprint density at radius 1 is 1.40 bits per heavy atom. The molecule has 0 spiro atoms. The summed E-state index contributed by atoms with van der Waals surface area (Å²) < 4.78 is 56.2. The molecule has 1 fully saturated rings. The zero-order valence-corrected chi connectivity index (χ0v) is 11.1. The third kappa shape index (κ3) is 2.96. The van der Waals surface area contributed by atoms with Crippen molar-refractivity contribution >= 4 is 15.8 Å². The van der Waals surface area contributed by atoms with Crippen molar-refractivity contribution in [3.8, 4) is 0 Å². The standard InChI is InChI=1S/C12H12F2O5S/c13-9-4-7(12(15)16)5-10(11(9)14)20(17,18)6-8-2-1-3-19-8/h4-5,8H,1-3,6H2,(H,15,16). The molecule has 0 radical (unpaired) electrons. The van der Waals surface area contributed by atoms with Gasteiger partial charge in [-0.1, -0.05) is 0 Å². The van der Waals surface area contributed by atoms with Crippen LogP contribution in [0.15, 0.2) is 17.0 Å². The number of hydrogen-bond acceptors (Lipinski definition) is 4. The summed E-state index contributed by atoms with van der Waals surface area (Å²) in [6.45, 7) is 0.423. The predicted octanol–water partition coefficient (Wildman–Crippen LogP) is 1.62. The summed E-state index contributed by atoms with van der Waals surface area (Å²) in [6.07, 6.45) is 0.643. The number of benzene rings is 1. The Morgan fingerprint density at radius 3 is 2.65 bits per heavy atom. The Kier molecular flexibility index (Phi) is 4.05. The van der Waals surface area contributed by atoms with Crippen LogP contribution in [0, 0.1) is 11.6 Å². The SMILES string of the molecule is O=C(O)c1cc(F)c(F)c(S(=O)(=O)CC2CCCO2)c1. The van der Waals surface area contributed by atoms with Gasteiger partial charge in [0.05, 0.1) is 17.4 Å². The van der Waals surface area contributed by atoms with Gasteiger partial charge >= 0.3 is 5.97 Å². The molecule has 1 aliphatic heterocycles. The van der Waals surface area contributed by atoms with Gasteiger partial charge in [0.15, 0.2) is 21.5 Å². The Labute approximate surface area is 114 Å². The third-order valence-electron chi connectivity index (χ3n) is 3.01. The number of ether oxygens (including phenoxy) is 1. The maximum atomic E-state index is 13.6. The van der Waals surface area contributed by atoms with Gasteiger partial charge < -0.3 is 9.84 Å². The van der Waals surface area contributed by atoms with Gasteiger partial charge in [-0.25, -0.2) is 22.0 Å². The summed E-state index contributed by atoms with van der Waals surface area (Å²) in [5.74, 6) is -5.09. The second-order valence-electron chi connectivity index (χ2n) is 4.49. The molecule has 1 aromatic carbocycles. The molecule has 2 rings (SSSR count). The van der Waals surface area contributed by atoms with Gasteiger partial charge in [0.2, 0.25) is 0 Å². The van der Waals surface area contributed by atoms with E-state index in [1.165, 1.54) is 0 Å². The number of hydrogen-bond donors (Lipinski definition) is 1. The van der Waals surface area contributed by atoms with Crippen LogP contribution in [0.5, 0.6) is 0 Å². The fraction of sp³-hybridized carbons (Fsp3) is 0.417. The molecule has 0 aliphatic carbocycles. The molecule has 0 aromatic heterocycles. The van der Waals surface area contributed by atoms with E-state index in [0.29, 0.717) is 31.6 Å². The van der Waals surface area contributed by atoms with E-state index in [1.54, 1.807) is 0 Å². The van der Waals surface area contributed by atoms with E-state index in [9.17, 15) is 22.0 Å². The van der Waals surface area contributed by atoms with E-state index < -0.39 is 49.8 Å². The molecule has 110 valence electrons. The fourth-order valence-corrected chi connectivity index (χ4v) is 3.63. The van der Waals surface area contributed by atoms with Gasteiger partial charge in [0.1, 0.15) is 4.90 Å². The summed E-state index contributed by atoms with van der Waals surface area (Å²) >= 11 is 0. The molecule has 0 bridgehead atoms. The molecule has 1 aliphatic rings. The fourth-order valence-electron chi connectivity index (χ4n) is 2.02. The van der Waals surface area contributed by atoms with Crippen LogP contribution in [0.3, 0.4) is 0 Å². The summed E-state index contributed by atoms with van der Waals surface area (Å²) in [5.41, 5.74) is -0.616. The highest BCUT2D eigenvalue weighted by molar-refractivity contribution is 7.91. The van der Waals surface area contributed by atoms with E-state index >= 15 is 0 Å². The van der Waals surface area contributed by atoms with E-state index in [2.05, 4.69) is 0 Å². The quantitative estimate of drug-likeness (QED) is 0.914. The number of carboxylic acid groups (broad SMARTS) is 1. The largest absolute Gasteiger partial charge is 0.478 e. The van der Waals surface area contributed by atoms with Crippen molar-refractivity contribution in [1.82, 2.24) is 0 Å². The minimum Gasteiger partial charge on any atom is -0.478 e. The van der Waals surface area contributed by atoms with Crippen LogP contribution in [-0.4, -0.2) is 38.0 Å². The van der Waals surface area contributed by atoms with Crippen LogP contribution in [0.2, 0.25) is 0 Å². The second-order valence-corrected chi connectivity index (χ2v) is 6.49. The lowest BCUT2D eigenvalue weighted by molar-refractivity contribution is 0.0696. The zero-order chi connectivity index (χ0) is 14.9. The molecule has 1 N–H and O–H groups in total. The molecule has 1 unspecified atom stereocenters. The van der Waals surface area contributed by atoms with Gasteiger partial charge in [0.25, 0.3) is 0 Å². The average molecular weight is 306 g/mol. The van der Waals surface area contributed by atoms with Crippen LogP contribution in [0.4, 0.5) is 8.78 Å². The number of sulfone groups is 1. The third-order valence-corrected chi connectivity index (χ3v) is 4.78. The first kappa shape index (κ1) is 14.9. The highest BCUT2D eigenvalue weighted by Gasteiger charge is 2.29. The number of aromatic carboxylic acids is 1. The van der Waals surface area contributed by atoms with Crippen molar-refractivity contribution in [3.05, 3.63) is 29.3 Å². The van der Waals surface area contributed by atoms with Crippen molar-refractivity contribution < 1.29 is 31.8 Å². The Bertz CT molecular complexity index is 635. The normalized spacial score (nSPS) is 19.2. The van der Waals surface area contributed by atoms with Gasteiger partial charge in [0, 0.05) is 6.61 Å². The minimum atomic E-state index is -4.16. The lowest BCUT2D eigenvalue weighted by Crippen LogP contribution is -2.22. The Hall–Kier alpha value is -1.54. The molecule has 0 saturated carbocycles. The molecule has 1 saturated heterocycles. The summed E-state index contributed by atoms with van der Waals surface area (Å²) in [6, 6.07) is 1.08. The number of carbonyl (C=O) groups is 1. The maximum Gasteiger partial charge on any atom is 0.335 e. The molecule has 0 amide bonds. The zero-order valence-electron chi connectivity index (χ0n) is 10.3. The summed E-state index contributed by atoms with van der Waals surface area (Å²) in [4.78, 5) is 9.84. The first-order valence-corrected chi connectivity index (χ1v) is 7.53. The molecule has 1 heterocycles. The lowest BCUT2D eigenvalue weighted by Gasteiger charge is -2.11. The average Bonchev–Trinajstić information content (AvgIpc) is 2.83. The van der Waals surface area contributed by atoms with Crippen LogP contribution < -0.4 is 0 Å². The number of halogens is 2. The molecular formula is C12H12F2O5S. The van der Waals surface area contributed by atoms with Gasteiger partial charge in [-0.15, -0.1) is 0 Å². The first-order chi connectivity index (χ1) is 9.31. The van der Waals surface area contributed by atoms with E-state index in [1.807, 2.05) is 0 Å². The smallest absolute Gasteiger partial charge is 0.335 e. The highest BCUT2D eigenvalue weighted by atomic mass is 32.2. The molecular weight excluding hydrogens is 294 g/mol. The van der Waals surface area contributed by atoms with Gasteiger partial charge in [-0.05, 0) is 25.0 Å². The monoisotopic (exact) mass is 306 g/mol. The van der Waals surface area contributed by atoms with Crippen molar-refractivity contribution in [2.24, 2.45) is 0 Å². The van der Waals surface area contributed by atoms with Gasteiger partial charge in [-0.2, -0.15) is 0 Å². The maximum absolute atomic E-state index is 13.6. The van der Waals surface area contributed by atoms with E-state index in [-0.39, 0.29) is 0 Å². The summed E-state index contributed by atoms with van der Waals surface area (Å²) in [5, 5.41) is 8.77. The van der Waals surface area contributed by atoms with Crippen molar-refractivity contribution in [3.63, 3.8) is 0 Å². The minimum absolute atomic E-state index is 0.423. The summed E-state index contributed by atoms with van der Waals surface area (Å²) in [7, 11) is -4.16. The van der Waals surface area contributed by atoms with Crippen LogP contribution in [-0.2, 0) is 14.6 Å². The van der Waals surface area contributed by atoms with Crippen molar-refractivity contribution in [2.45, 2.75) is 23.8 Å². The molecule has 5 nitrogen and oxygen atoms in total. The second kappa shape index (κ2) is 5.45. The van der Waals surface area contributed by atoms with Crippen molar-refractivity contribution in [1.29, 1.82) is 0 Å². The van der Waals surface area contributed by atoms with Crippen molar-refractivity contribution in [2.75, 3.05) is 12.4 Å². The predicted molar refractivity (Wildman–Crippen MR) is 64.3 cm³/mol. The van der Waals surface area contributed by atoms with Crippen LogP contribution in [0.25, 0.3) is 0 Å². The lowest BCUT2D eigenvalue weighted by atomic mass is 10.2. The molecule has 1 atom stereocenters. The van der Waals surface area contributed by atoms with Gasteiger partial charge in [-0.3, -0.25) is 0 Å². The Morgan fingerprint density at radius 2 is 2.10 bits per heavy atom. The number of rotatable bonds is 4. The van der Waals surface area contributed by atoms with Crippen LogP contribution >= 0.6 is 0 Å². The topological polar surface area (TPSA) is 80.7 Å². The molecule has 1 aromatic rings. The van der Waals surface area contributed by atoms with E-state index in [0.717, 1.165) is 0 Å². The highest BCUT2D eigenvalue weighted by Crippen LogP contribution is 2.24. The Balaban J connectivity index is 2.41. The molecule has 20 heavy (non-hydrogen) atoms. The van der Waals surface area contributed by atoms with E-state index in [4.69, 9.17) is 9.84 Å². The number of carboxylic acids is 1.